The number of esters is 1. The van der Waals surface area contributed by atoms with Crippen molar-refractivity contribution in [3.63, 3.8) is 0 Å². The first-order valence-electron chi connectivity index (χ1n) is 6.68. The molecule has 1 aliphatic rings. The number of methoxy groups -OCH3 is 1. The van der Waals surface area contributed by atoms with Gasteiger partial charge < -0.3 is 15.0 Å². The summed E-state index contributed by atoms with van der Waals surface area (Å²) in [6.07, 6.45) is 0.407. The molecule has 110 valence electrons. The van der Waals surface area contributed by atoms with Crippen LogP contribution in [0.15, 0.2) is 0 Å². The van der Waals surface area contributed by atoms with Crippen LogP contribution in [0, 0.1) is 0 Å². The predicted molar refractivity (Wildman–Crippen MR) is 72.9 cm³/mol. The molecule has 1 N–H and O–H groups in total. The fraction of sp³-hybridized carbons (Fsp3) is 0.846. The van der Waals surface area contributed by atoms with Crippen LogP contribution >= 0.6 is 0 Å². The first kappa shape index (κ1) is 15.8. The second-order valence-corrected chi connectivity index (χ2v) is 5.83. The maximum atomic E-state index is 12.0. The number of ether oxygens (including phenoxy) is 1. The first-order chi connectivity index (χ1) is 8.81. The molecule has 0 aromatic heterocycles. The van der Waals surface area contributed by atoms with Crippen LogP contribution < -0.4 is 5.32 Å². The smallest absolute Gasteiger partial charge is 0.317 e. The van der Waals surface area contributed by atoms with Crippen molar-refractivity contribution in [3.05, 3.63) is 0 Å². The molecule has 0 aliphatic carbocycles. The van der Waals surface area contributed by atoms with Gasteiger partial charge in [0.05, 0.1) is 13.5 Å². The number of hydrogen-bond donors (Lipinski definition) is 1. The molecule has 1 fully saturated rings. The van der Waals surface area contributed by atoms with E-state index in [1.165, 1.54) is 7.11 Å². The number of hydrogen-bond acceptors (Lipinski definition) is 4. The Hall–Kier alpha value is -1.30. The Morgan fingerprint density at radius 1 is 1.16 bits per heavy atom. The Morgan fingerprint density at radius 3 is 2.21 bits per heavy atom. The van der Waals surface area contributed by atoms with Crippen LogP contribution in [0.2, 0.25) is 0 Å². The number of carbonyl (C=O) groups is 2. The van der Waals surface area contributed by atoms with Crippen molar-refractivity contribution in [2.24, 2.45) is 0 Å². The monoisotopic (exact) mass is 271 g/mol. The van der Waals surface area contributed by atoms with Crippen molar-refractivity contribution >= 4 is 12.0 Å². The maximum absolute atomic E-state index is 12.0. The van der Waals surface area contributed by atoms with Crippen molar-refractivity contribution < 1.29 is 14.3 Å². The van der Waals surface area contributed by atoms with Crippen LogP contribution in [0.25, 0.3) is 0 Å². The average Bonchev–Trinajstić information content (AvgIpc) is 2.34. The highest BCUT2D eigenvalue weighted by atomic mass is 16.5. The van der Waals surface area contributed by atoms with Gasteiger partial charge >= 0.3 is 12.0 Å². The van der Waals surface area contributed by atoms with Gasteiger partial charge in [-0.2, -0.15) is 0 Å². The van der Waals surface area contributed by atoms with E-state index in [-0.39, 0.29) is 17.5 Å². The van der Waals surface area contributed by atoms with Gasteiger partial charge in [0.25, 0.3) is 0 Å². The fourth-order valence-electron chi connectivity index (χ4n) is 1.93. The minimum Gasteiger partial charge on any atom is -0.469 e. The molecule has 0 spiro atoms. The summed E-state index contributed by atoms with van der Waals surface area (Å²) in [5.74, 6) is -0.187. The van der Waals surface area contributed by atoms with E-state index in [0.29, 0.717) is 26.1 Å². The molecule has 0 radical (unpaired) electrons. The van der Waals surface area contributed by atoms with Gasteiger partial charge in [-0.05, 0) is 20.8 Å². The van der Waals surface area contributed by atoms with Crippen LogP contribution in [0.4, 0.5) is 4.79 Å². The van der Waals surface area contributed by atoms with E-state index in [1.54, 1.807) is 0 Å². The van der Waals surface area contributed by atoms with E-state index in [0.717, 1.165) is 13.1 Å². The summed E-state index contributed by atoms with van der Waals surface area (Å²) >= 11 is 0. The van der Waals surface area contributed by atoms with Crippen LogP contribution in [0.1, 0.15) is 27.2 Å². The predicted octanol–water partition coefficient (Wildman–Crippen LogP) is 0.675. The Bertz CT molecular complexity index is 318. The zero-order valence-corrected chi connectivity index (χ0v) is 12.4. The van der Waals surface area contributed by atoms with Gasteiger partial charge in [-0.15, -0.1) is 0 Å². The van der Waals surface area contributed by atoms with Gasteiger partial charge in [-0.25, -0.2) is 4.79 Å². The lowest BCUT2D eigenvalue weighted by atomic mass is 10.1. The van der Waals surface area contributed by atoms with Crippen molar-refractivity contribution in [2.45, 2.75) is 32.7 Å². The third-order valence-electron chi connectivity index (χ3n) is 3.00. The topological polar surface area (TPSA) is 61.9 Å². The Kier molecular flexibility index (Phi) is 5.60. The highest BCUT2D eigenvalue weighted by Crippen LogP contribution is 2.06. The number of carbonyl (C=O) groups excluding carboxylic acids is 2. The summed E-state index contributed by atoms with van der Waals surface area (Å²) in [7, 11) is 1.40. The first-order valence-corrected chi connectivity index (χ1v) is 6.68. The lowest BCUT2D eigenvalue weighted by Crippen LogP contribution is -2.55. The molecule has 0 bridgehead atoms. The number of piperazine rings is 1. The molecule has 0 saturated carbocycles. The van der Waals surface area contributed by atoms with E-state index in [2.05, 4.69) is 15.0 Å². The summed E-state index contributed by atoms with van der Waals surface area (Å²) in [4.78, 5) is 27.0. The Labute approximate surface area is 115 Å². The Morgan fingerprint density at radius 2 is 1.74 bits per heavy atom. The molecule has 1 heterocycles. The average molecular weight is 271 g/mol. The van der Waals surface area contributed by atoms with E-state index in [4.69, 9.17) is 0 Å². The highest BCUT2D eigenvalue weighted by Gasteiger charge is 2.24. The molecule has 2 amide bonds. The number of rotatable bonds is 3. The largest absolute Gasteiger partial charge is 0.469 e. The van der Waals surface area contributed by atoms with Crippen molar-refractivity contribution in [2.75, 3.05) is 39.8 Å². The summed E-state index contributed by atoms with van der Waals surface area (Å²) in [6.45, 7) is 9.60. The van der Waals surface area contributed by atoms with Gasteiger partial charge in [0, 0.05) is 38.3 Å². The lowest BCUT2D eigenvalue weighted by Gasteiger charge is -2.36. The van der Waals surface area contributed by atoms with Crippen LogP contribution in [-0.2, 0) is 9.53 Å². The number of nitrogens with one attached hydrogen (secondary N) is 1. The zero-order valence-electron chi connectivity index (χ0n) is 12.4. The molecule has 0 unspecified atom stereocenters. The minimum atomic E-state index is -0.209. The molecule has 1 aliphatic heterocycles. The van der Waals surface area contributed by atoms with Crippen LogP contribution in [0.5, 0.6) is 0 Å². The summed E-state index contributed by atoms with van der Waals surface area (Å²) in [6, 6.07) is -0.0138. The van der Waals surface area contributed by atoms with Gasteiger partial charge in [0.15, 0.2) is 0 Å². The third-order valence-corrected chi connectivity index (χ3v) is 3.00. The molecule has 0 aromatic rings. The number of urea groups is 1. The van der Waals surface area contributed by atoms with Gasteiger partial charge in [0.1, 0.15) is 0 Å². The van der Waals surface area contributed by atoms with Crippen LogP contribution in [-0.4, -0.2) is 67.2 Å². The fourth-order valence-corrected chi connectivity index (χ4v) is 1.93. The summed E-state index contributed by atoms with van der Waals surface area (Å²) < 4.78 is 4.62. The standard InChI is InChI=1S/C13H25N3O3/c1-13(2,3)14-12(18)16-9-7-15(8-10-16)6-5-11(17)19-4/h5-10H2,1-4H3,(H,14,18). The number of amides is 2. The SMILES string of the molecule is COC(=O)CCN1CCN(C(=O)NC(C)(C)C)CC1. The van der Waals surface area contributed by atoms with E-state index < -0.39 is 0 Å². The van der Waals surface area contributed by atoms with Gasteiger partial charge in [0.2, 0.25) is 0 Å². The molecule has 1 rings (SSSR count). The molecule has 19 heavy (non-hydrogen) atoms. The molecule has 0 aromatic carbocycles. The second kappa shape index (κ2) is 6.75. The number of nitrogens with zero attached hydrogens (tertiary/aromatic N) is 2. The molecule has 6 heteroatoms. The van der Waals surface area contributed by atoms with Crippen LogP contribution in [0.3, 0.4) is 0 Å². The second-order valence-electron chi connectivity index (χ2n) is 5.83. The van der Waals surface area contributed by atoms with E-state index in [9.17, 15) is 9.59 Å². The highest BCUT2D eigenvalue weighted by molar-refractivity contribution is 5.75. The van der Waals surface area contributed by atoms with Gasteiger partial charge in [-0.1, -0.05) is 0 Å². The molecular weight excluding hydrogens is 246 g/mol. The molecular formula is C13H25N3O3. The molecule has 1 saturated heterocycles. The molecule has 6 nitrogen and oxygen atoms in total. The normalized spacial score (nSPS) is 17.2. The summed E-state index contributed by atoms with van der Waals surface area (Å²) in [5.41, 5.74) is -0.209. The lowest BCUT2D eigenvalue weighted by molar-refractivity contribution is -0.141. The van der Waals surface area contributed by atoms with Crippen molar-refractivity contribution in [1.29, 1.82) is 0 Å². The van der Waals surface area contributed by atoms with Crippen molar-refractivity contribution in [3.8, 4) is 0 Å². The van der Waals surface area contributed by atoms with Crippen molar-refractivity contribution in [1.82, 2.24) is 15.1 Å². The minimum absolute atomic E-state index is 0.0138. The van der Waals surface area contributed by atoms with E-state index >= 15 is 0 Å². The van der Waals surface area contributed by atoms with Gasteiger partial charge in [-0.3, -0.25) is 9.69 Å². The zero-order chi connectivity index (χ0) is 14.5. The maximum Gasteiger partial charge on any atom is 0.317 e. The Balaban J connectivity index is 2.29. The third kappa shape index (κ3) is 5.92. The quantitative estimate of drug-likeness (QED) is 0.767. The molecule has 0 atom stereocenters. The van der Waals surface area contributed by atoms with E-state index in [1.807, 2.05) is 25.7 Å². The summed E-state index contributed by atoms with van der Waals surface area (Å²) in [5, 5.41) is 2.96.